The number of aromatic amines is 1. The van der Waals surface area contributed by atoms with Gasteiger partial charge in [-0.1, -0.05) is 6.07 Å². The molecule has 154 valence electrons. The molecule has 0 aliphatic rings. The number of alkyl halides is 3. The minimum Gasteiger partial charge on any atom is -0.329 e. The van der Waals surface area contributed by atoms with Crippen LogP contribution in [0.5, 0.6) is 0 Å². The van der Waals surface area contributed by atoms with Crippen LogP contribution < -0.4 is 10.9 Å². The number of pyridine rings is 2. The van der Waals surface area contributed by atoms with Crippen LogP contribution in [0.3, 0.4) is 0 Å². The number of carbonyl (C=O) groups is 1. The maximum atomic E-state index is 14.0. The standard InChI is InChI=1S/C20H11F3N6O2/c21-20(22,23)17-15(19(31)28-11-4-6-25-12(8-11)9-24)10-27-29(17)16-3-1-2-14-13(16)5-7-26-18(14)30/h1-8,10H,(H,26,30)(H,25,28,31). The first-order valence-electron chi connectivity index (χ1n) is 8.73. The normalized spacial score (nSPS) is 11.3. The molecule has 0 aliphatic carbocycles. The van der Waals surface area contributed by atoms with Crippen molar-refractivity contribution in [2.45, 2.75) is 6.18 Å². The fraction of sp³-hybridized carbons (Fsp3) is 0.0500. The van der Waals surface area contributed by atoms with Gasteiger partial charge in [0.25, 0.3) is 11.5 Å². The molecule has 0 atom stereocenters. The minimum atomic E-state index is -4.93. The van der Waals surface area contributed by atoms with E-state index in [1.54, 1.807) is 6.07 Å². The molecule has 0 radical (unpaired) electrons. The molecule has 0 spiro atoms. The molecule has 3 heterocycles. The number of aromatic nitrogens is 4. The Morgan fingerprint density at radius 2 is 2.00 bits per heavy atom. The number of rotatable bonds is 3. The number of nitrogens with zero attached hydrogens (tertiary/aromatic N) is 4. The van der Waals surface area contributed by atoms with Crippen LogP contribution in [0.25, 0.3) is 16.5 Å². The maximum Gasteiger partial charge on any atom is 0.434 e. The molecule has 0 unspecified atom stereocenters. The van der Waals surface area contributed by atoms with Crippen LogP contribution >= 0.6 is 0 Å². The van der Waals surface area contributed by atoms with E-state index in [1.165, 1.54) is 48.8 Å². The van der Waals surface area contributed by atoms with Crippen LogP contribution in [0.15, 0.2) is 59.8 Å². The molecule has 3 aromatic heterocycles. The van der Waals surface area contributed by atoms with Gasteiger partial charge in [-0.05, 0) is 30.3 Å². The second-order valence-corrected chi connectivity index (χ2v) is 6.36. The molecule has 4 rings (SSSR count). The number of H-pyrrole nitrogens is 1. The number of nitriles is 1. The molecule has 11 heteroatoms. The van der Waals surface area contributed by atoms with Crippen molar-refractivity contribution in [3.05, 3.63) is 82.3 Å². The predicted octanol–water partition coefficient (Wildman–Crippen LogP) is 3.25. The Labute approximate surface area is 171 Å². The molecule has 2 N–H and O–H groups in total. The van der Waals surface area contributed by atoms with Crippen LogP contribution in [0, 0.1) is 11.3 Å². The quantitative estimate of drug-likeness (QED) is 0.524. The van der Waals surface area contributed by atoms with Gasteiger partial charge in [0, 0.05) is 28.9 Å². The maximum absolute atomic E-state index is 14.0. The van der Waals surface area contributed by atoms with E-state index in [2.05, 4.69) is 20.4 Å². The Kier molecular flexibility index (Phi) is 4.75. The highest BCUT2D eigenvalue weighted by molar-refractivity contribution is 6.05. The van der Waals surface area contributed by atoms with Crippen LogP contribution in [-0.4, -0.2) is 25.7 Å². The number of amides is 1. The van der Waals surface area contributed by atoms with E-state index in [0.29, 0.717) is 4.68 Å². The van der Waals surface area contributed by atoms with Crippen molar-refractivity contribution in [3.8, 4) is 11.8 Å². The summed E-state index contributed by atoms with van der Waals surface area (Å²) in [5.74, 6) is -1.06. The van der Waals surface area contributed by atoms with Gasteiger partial charge >= 0.3 is 6.18 Å². The molecule has 1 amide bonds. The number of hydrogen-bond acceptors (Lipinski definition) is 5. The molecule has 4 aromatic rings. The summed E-state index contributed by atoms with van der Waals surface area (Å²) >= 11 is 0. The van der Waals surface area contributed by atoms with E-state index in [4.69, 9.17) is 5.26 Å². The topological polar surface area (TPSA) is 116 Å². The second-order valence-electron chi connectivity index (χ2n) is 6.36. The molecular formula is C20H11F3N6O2. The van der Waals surface area contributed by atoms with Crippen molar-refractivity contribution in [3.63, 3.8) is 0 Å². The fourth-order valence-electron chi connectivity index (χ4n) is 3.13. The van der Waals surface area contributed by atoms with Gasteiger partial charge in [-0.3, -0.25) is 9.59 Å². The predicted molar refractivity (Wildman–Crippen MR) is 104 cm³/mol. The first-order chi connectivity index (χ1) is 14.8. The van der Waals surface area contributed by atoms with Gasteiger partial charge in [0.05, 0.1) is 17.4 Å². The Balaban J connectivity index is 1.84. The summed E-state index contributed by atoms with van der Waals surface area (Å²) in [5, 5.41) is 15.4. The molecule has 31 heavy (non-hydrogen) atoms. The van der Waals surface area contributed by atoms with Gasteiger partial charge < -0.3 is 10.3 Å². The molecule has 1 aromatic carbocycles. The number of halogens is 3. The lowest BCUT2D eigenvalue weighted by atomic mass is 10.1. The van der Waals surface area contributed by atoms with Crippen molar-refractivity contribution in [1.29, 1.82) is 5.26 Å². The average Bonchev–Trinajstić information content (AvgIpc) is 3.20. The summed E-state index contributed by atoms with van der Waals surface area (Å²) < 4.78 is 42.5. The summed E-state index contributed by atoms with van der Waals surface area (Å²) in [6.45, 7) is 0. The number of fused-ring (bicyclic) bond motifs is 1. The summed E-state index contributed by atoms with van der Waals surface area (Å²) in [6, 6.07) is 10.1. The third-order valence-electron chi connectivity index (χ3n) is 4.44. The van der Waals surface area contributed by atoms with Crippen molar-refractivity contribution < 1.29 is 18.0 Å². The Morgan fingerprint density at radius 3 is 2.74 bits per heavy atom. The molecule has 0 saturated carbocycles. The van der Waals surface area contributed by atoms with E-state index in [9.17, 15) is 22.8 Å². The zero-order valence-electron chi connectivity index (χ0n) is 15.4. The van der Waals surface area contributed by atoms with Gasteiger partial charge in [0.15, 0.2) is 5.69 Å². The number of carbonyl (C=O) groups excluding carboxylic acids is 1. The number of hydrogen-bond donors (Lipinski definition) is 2. The summed E-state index contributed by atoms with van der Waals surface area (Å²) in [6.07, 6.45) is -1.57. The third kappa shape index (κ3) is 3.62. The average molecular weight is 424 g/mol. The third-order valence-corrected chi connectivity index (χ3v) is 4.44. The molecule has 8 nitrogen and oxygen atoms in total. The number of benzene rings is 1. The Hall–Kier alpha value is -4.46. The van der Waals surface area contributed by atoms with Crippen molar-refractivity contribution >= 4 is 22.4 Å². The second kappa shape index (κ2) is 7.42. The zero-order chi connectivity index (χ0) is 22.2. The molecule has 0 bridgehead atoms. The largest absolute Gasteiger partial charge is 0.434 e. The first-order valence-corrected chi connectivity index (χ1v) is 8.73. The monoisotopic (exact) mass is 424 g/mol. The van der Waals surface area contributed by atoms with E-state index in [1.807, 2.05) is 0 Å². The summed E-state index contributed by atoms with van der Waals surface area (Å²) in [4.78, 5) is 30.8. The fourth-order valence-corrected chi connectivity index (χ4v) is 3.13. The van der Waals surface area contributed by atoms with Gasteiger partial charge in [-0.2, -0.15) is 23.5 Å². The van der Waals surface area contributed by atoms with Gasteiger partial charge in [-0.15, -0.1) is 0 Å². The van der Waals surface area contributed by atoms with E-state index in [0.717, 1.165) is 6.20 Å². The molecular weight excluding hydrogens is 413 g/mol. The highest BCUT2D eigenvalue weighted by Crippen LogP contribution is 2.35. The van der Waals surface area contributed by atoms with Crippen LogP contribution in [0.2, 0.25) is 0 Å². The molecule has 0 aliphatic heterocycles. The summed E-state index contributed by atoms with van der Waals surface area (Å²) in [7, 11) is 0. The van der Waals surface area contributed by atoms with Crippen LogP contribution in [0.1, 0.15) is 21.7 Å². The Morgan fingerprint density at radius 1 is 1.19 bits per heavy atom. The Bertz CT molecular complexity index is 1410. The van der Waals surface area contributed by atoms with Crippen molar-refractivity contribution in [2.24, 2.45) is 0 Å². The minimum absolute atomic E-state index is 0.00865. The van der Waals surface area contributed by atoms with Gasteiger partial charge in [0.2, 0.25) is 0 Å². The lowest BCUT2D eigenvalue weighted by Crippen LogP contribution is -2.21. The highest BCUT2D eigenvalue weighted by Gasteiger charge is 2.41. The van der Waals surface area contributed by atoms with E-state index >= 15 is 0 Å². The van der Waals surface area contributed by atoms with E-state index in [-0.39, 0.29) is 27.8 Å². The number of nitrogens with one attached hydrogen (secondary N) is 2. The van der Waals surface area contributed by atoms with Crippen LogP contribution in [0.4, 0.5) is 18.9 Å². The van der Waals surface area contributed by atoms with Gasteiger partial charge in [-0.25, -0.2) is 9.67 Å². The number of anilines is 1. The zero-order valence-corrected chi connectivity index (χ0v) is 15.4. The highest BCUT2D eigenvalue weighted by atomic mass is 19.4. The lowest BCUT2D eigenvalue weighted by molar-refractivity contribution is -0.143. The molecule has 0 saturated heterocycles. The summed E-state index contributed by atoms with van der Waals surface area (Å²) in [5.41, 5.74) is -2.40. The van der Waals surface area contributed by atoms with E-state index < -0.39 is 28.9 Å². The smallest absolute Gasteiger partial charge is 0.329 e. The SMILES string of the molecule is N#Cc1cc(NC(=O)c2cnn(-c3cccc4c(=O)[nH]ccc34)c2C(F)(F)F)ccn1. The van der Waals surface area contributed by atoms with Crippen molar-refractivity contribution in [1.82, 2.24) is 19.7 Å². The van der Waals surface area contributed by atoms with Crippen molar-refractivity contribution in [2.75, 3.05) is 5.32 Å². The lowest BCUT2D eigenvalue weighted by Gasteiger charge is -2.14. The van der Waals surface area contributed by atoms with Gasteiger partial charge in [0.1, 0.15) is 11.8 Å². The van der Waals surface area contributed by atoms with Crippen LogP contribution in [-0.2, 0) is 6.18 Å². The first kappa shape index (κ1) is 19.8. The molecule has 0 fully saturated rings.